The zero-order chi connectivity index (χ0) is 17.1. The van der Waals surface area contributed by atoms with E-state index in [-0.39, 0.29) is 17.0 Å². The summed E-state index contributed by atoms with van der Waals surface area (Å²) >= 11 is 5.72. The second kappa shape index (κ2) is 7.32. The normalized spacial score (nSPS) is 18.0. The molecule has 1 aromatic carbocycles. The summed E-state index contributed by atoms with van der Waals surface area (Å²) in [6, 6.07) is 6.29. The van der Waals surface area contributed by atoms with E-state index in [1.807, 2.05) is 13.0 Å². The molecule has 24 heavy (non-hydrogen) atoms. The van der Waals surface area contributed by atoms with E-state index in [4.69, 9.17) is 16.1 Å². The third kappa shape index (κ3) is 3.94. The van der Waals surface area contributed by atoms with Crippen LogP contribution in [-0.2, 0) is 4.79 Å². The molecule has 0 bridgehead atoms. The van der Waals surface area contributed by atoms with Crippen molar-refractivity contribution in [3.8, 4) is 0 Å². The van der Waals surface area contributed by atoms with Crippen LogP contribution in [0.3, 0.4) is 0 Å². The van der Waals surface area contributed by atoms with Crippen LogP contribution >= 0.6 is 11.6 Å². The van der Waals surface area contributed by atoms with Crippen LogP contribution in [0, 0.1) is 12.7 Å². The second-order valence-corrected chi connectivity index (χ2v) is 6.39. The van der Waals surface area contributed by atoms with Crippen molar-refractivity contribution >= 4 is 23.2 Å². The van der Waals surface area contributed by atoms with Gasteiger partial charge in [0.05, 0.1) is 11.1 Å². The summed E-state index contributed by atoms with van der Waals surface area (Å²) in [6.45, 7) is 3.45. The number of hydrogen-bond donors (Lipinski definition) is 1. The second-order valence-electron chi connectivity index (χ2n) is 5.98. The van der Waals surface area contributed by atoms with E-state index in [1.54, 1.807) is 0 Å². The standard InChI is InChI=1S/C17H19ClFN3O2/c1-11-9-15(21-24-11)16-3-2-7-22(16)8-6-17(23)20-12-4-5-14(19)13(18)10-12/h4-5,9-10,16H,2-3,6-8H2,1H3,(H,20,23)/t16-/m1/s1. The van der Waals surface area contributed by atoms with Crippen LogP contribution < -0.4 is 5.32 Å². The number of aromatic nitrogens is 1. The van der Waals surface area contributed by atoms with Gasteiger partial charge in [-0.1, -0.05) is 16.8 Å². The first-order valence-electron chi connectivity index (χ1n) is 7.95. The molecule has 1 aromatic heterocycles. The SMILES string of the molecule is Cc1cc([C@H]2CCCN2CCC(=O)Nc2ccc(F)c(Cl)c2)no1. The van der Waals surface area contributed by atoms with Crippen molar-refractivity contribution < 1.29 is 13.7 Å². The lowest BCUT2D eigenvalue weighted by Crippen LogP contribution is -2.27. The van der Waals surface area contributed by atoms with Crippen LogP contribution in [0.15, 0.2) is 28.8 Å². The van der Waals surface area contributed by atoms with Crippen molar-refractivity contribution in [2.24, 2.45) is 0 Å². The fourth-order valence-corrected chi connectivity index (χ4v) is 3.19. The van der Waals surface area contributed by atoms with Gasteiger partial charge in [0.25, 0.3) is 0 Å². The average molecular weight is 352 g/mol. The molecule has 2 heterocycles. The van der Waals surface area contributed by atoms with Gasteiger partial charge in [-0.15, -0.1) is 0 Å². The molecule has 1 saturated heterocycles. The largest absolute Gasteiger partial charge is 0.361 e. The van der Waals surface area contributed by atoms with Crippen LogP contribution in [0.25, 0.3) is 0 Å². The van der Waals surface area contributed by atoms with Gasteiger partial charge in [0.2, 0.25) is 5.91 Å². The molecular weight excluding hydrogens is 333 g/mol. The molecule has 1 atom stereocenters. The molecule has 2 aromatic rings. The number of carbonyl (C=O) groups is 1. The monoisotopic (exact) mass is 351 g/mol. The number of aryl methyl sites for hydroxylation is 1. The first kappa shape index (κ1) is 16.9. The van der Waals surface area contributed by atoms with E-state index < -0.39 is 5.82 Å². The van der Waals surface area contributed by atoms with E-state index in [9.17, 15) is 9.18 Å². The number of likely N-dealkylation sites (tertiary alicyclic amines) is 1. The smallest absolute Gasteiger partial charge is 0.225 e. The lowest BCUT2D eigenvalue weighted by atomic mass is 10.1. The lowest BCUT2D eigenvalue weighted by molar-refractivity contribution is -0.116. The number of amides is 1. The van der Waals surface area contributed by atoms with E-state index in [0.717, 1.165) is 30.8 Å². The first-order valence-corrected chi connectivity index (χ1v) is 8.33. The Morgan fingerprint density at radius 2 is 2.33 bits per heavy atom. The van der Waals surface area contributed by atoms with Crippen LogP contribution in [0.2, 0.25) is 5.02 Å². The molecule has 0 saturated carbocycles. The number of hydrogen-bond acceptors (Lipinski definition) is 4. The van der Waals surface area contributed by atoms with Gasteiger partial charge >= 0.3 is 0 Å². The van der Waals surface area contributed by atoms with E-state index >= 15 is 0 Å². The Morgan fingerprint density at radius 3 is 3.04 bits per heavy atom. The summed E-state index contributed by atoms with van der Waals surface area (Å²) in [7, 11) is 0. The molecule has 5 nitrogen and oxygen atoms in total. The van der Waals surface area contributed by atoms with Crippen molar-refractivity contribution in [3.05, 3.63) is 46.6 Å². The van der Waals surface area contributed by atoms with Gasteiger partial charge in [-0.05, 0) is 44.5 Å². The molecule has 0 aliphatic carbocycles. The molecule has 1 amide bonds. The molecule has 7 heteroatoms. The summed E-state index contributed by atoms with van der Waals surface area (Å²) in [5, 5.41) is 6.83. The van der Waals surface area contributed by atoms with Gasteiger partial charge in [0.1, 0.15) is 17.3 Å². The van der Waals surface area contributed by atoms with Crippen molar-refractivity contribution in [3.63, 3.8) is 0 Å². The maximum Gasteiger partial charge on any atom is 0.225 e. The Kier molecular flexibility index (Phi) is 5.16. The maximum absolute atomic E-state index is 13.1. The summed E-state index contributed by atoms with van der Waals surface area (Å²) in [6.07, 6.45) is 2.44. The summed E-state index contributed by atoms with van der Waals surface area (Å²) in [4.78, 5) is 14.3. The summed E-state index contributed by atoms with van der Waals surface area (Å²) < 4.78 is 18.3. The summed E-state index contributed by atoms with van der Waals surface area (Å²) in [5.41, 5.74) is 1.42. The molecule has 128 valence electrons. The number of benzene rings is 1. The van der Waals surface area contributed by atoms with Crippen molar-refractivity contribution in [1.29, 1.82) is 0 Å². The van der Waals surface area contributed by atoms with Crippen molar-refractivity contribution in [2.45, 2.75) is 32.2 Å². The number of nitrogens with one attached hydrogen (secondary N) is 1. The predicted octanol–water partition coefficient (Wildman–Crippen LogP) is 3.94. The minimum absolute atomic E-state index is 0.00573. The highest BCUT2D eigenvalue weighted by atomic mass is 35.5. The number of carbonyl (C=O) groups excluding carboxylic acids is 1. The quantitative estimate of drug-likeness (QED) is 0.886. The molecular formula is C17H19ClFN3O2. The molecule has 1 aliphatic heterocycles. The zero-order valence-electron chi connectivity index (χ0n) is 13.4. The van der Waals surface area contributed by atoms with Crippen LogP contribution in [0.1, 0.15) is 36.8 Å². The highest BCUT2D eigenvalue weighted by Gasteiger charge is 2.28. The minimum Gasteiger partial charge on any atom is -0.361 e. The number of halogens is 2. The molecule has 3 rings (SSSR count). The Bertz CT molecular complexity index is 734. The topological polar surface area (TPSA) is 58.4 Å². The fraction of sp³-hybridized carbons (Fsp3) is 0.412. The predicted molar refractivity (Wildman–Crippen MR) is 89.4 cm³/mol. The third-order valence-electron chi connectivity index (χ3n) is 4.18. The van der Waals surface area contributed by atoms with Gasteiger partial charge in [0, 0.05) is 24.7 Å². The molecule has 0 spiro atoms. The van der Waals surface area contributed by atoms with Crippen LogP contribution in [0.5, 0.6) is 0 Å². The maximum atomic E-state index is 13.1. The van der Waals surface area contributed by atoms with E-state index in [2.05, 4.69) is 15.4 Å². The highest BCUT2D eigenvalue weighted by molar-refractivity contribution is 6.31. The molecule has 0 unspecified atom stereocenters. The Labute approximate surface area is 144 Å². The third-order valence-corrected chi connectivity index (χ3v) is 4.47. The van der Waals surface area contributed by atoms with E-state index in [1.165, 1.54) is 18.2 Å². The van der Waals surface area contributed by atoms with Gasteiger partial charge in [-0.3, -0.25) is 9.69 Å². The Balaban J connectivity index is 1.54. The van der Waals surface area contributed by atoms with Gasteiger partial charge in [-0.2, -0.15) is 0 Å². The first-order chi connectivity index (χ1) is 11.5. The average Bonchev–Trinajstić information content (AvgIpc) is 3.17. The van der Waals surface area contributed by atoms with Crippen LogP contribution in [-0.4, -0.2) is 29.1 Å². The Hall–Kier alpha value is -1.92. The van der Waals surface area contributed by atoms with Gasteiger partial charge < -0.3 is 9.84 Å². The van der Waals surface area contributed by atoms with Gasteiger partial charge in [-0.25, -0.2) is 4.39 Å². The minimum atomic E-state index is -0.502. The number of nitrogens with zero attached hydrogens (tertiary/aromatic N) is 2. The number of anilines is 1. The molecule has 0 radical (unpaired) electrons. The van der Waals surface area contributed by atoms with Gasteiger partial charge in [0.15, 0.2) is 0 Å². The lowest BCUT2D eigenvalue weighted by Gasteiger charge is -2.22. The molecule has 1 aliphatic rings. The van der Waals surface area contributed by atoms with Crippen molar-refractivity contribution in [1.82, 2.24) is 10.1 Å². The van der Waals surface area contributed by atoms with Crippen LogP contribution in [0.4, 0.5) is 10.1 Å². The molecule has 1 N–H and O–H groups in total. The van der Waals surface area contributed by atoms with E-state index in [0.29, 0.717) is 18.7 Å². The Morgan fingerprint density at radius 1 is 1.50 bits per heavy atom. The highest BCUT2D eigenvalue weighted by Crippen LogP contribution is 2.31. The number of rotatable bonds is 5. The summed E-state index contributed by atoms with van der Waals surface area (Å²) in [5.74, 6) is 0.167. The zero-order valence-corrected chi connectivity index (χ0v) is 14.1. The van der Waals surface area contributed by atoms with Crippen molar-refractivity contribution in [2.75, 3.05) is 18.4 Å². The molecule has 1 fully saturated rings. The fourth-order valence-electron chi connectivity index (χ4n) is 3.01.